The van der Waals surface area contributed by atoms with Gasteiger partial charge in [0.25, 0.3) is 5.91 Å². The summed E-state index contributed by atoms with van der Waals surface area (Å²) in [5.74, 6) is 1.18. The number of carbonyl (C=O) groups is 2. The second kappa shape index (κ2) is 7.75. The standard InChI is InChI=1S/C19H24ClN3O2.ClH/c20-15-3-1-2-14(11-15)18(24)22-6-8-23(9-7-22)19(25)16-12-4-5-13(10-12)17(16)21;/h1-3,11-13,16-17H,4-10,21H2;1H. The molecule has 4 unspecified atom stereocenters. The van der Waals surface area contributed by atoms with E-state index < -0.39 is 0 Å². The summed E-state index contributed by atoms with van der Waals surface area (Å²) in [5.41, 5.74) is 6.91. The lowest BCUT2D eigenvalue weighted by atomic mass is 9.84. The number of halogens is 2. The Morgan fingerprint density at radius 2 is 1.69 bits per heavy atom. The lowest BCUT2D eigenvalue weighted by molar-refractivity contribution is -0.139. The van der Waals surface area contributed by atoms with Crippen molar-refractivity contribution in [2.24, 2.45) is 23.5 Å². The molecule has 2 aliphatic carbocycles. The Morgan fingerprint density at radius 1 is 1.04 bits per heavy atom. The van der Waals surface area contributed by atoms with Gasteiger partial charge in [-0.05, 0) is 49.3 Å². The zero-order chi connectivity index (χ0) is 17.6. The first-order chi connectivity index (χ1) is 12.0. The molecule has 2 N–H and O–H groups in total. The Kier molecular flexibility index (Phi) is 5.80. The third kappa shape index (κ3) is 3.45. The van der Waals surface area contributed by atoms with Crippen LogP contribution in [0, 0.1) is 17.8 Å². The smallest absolute Gasteiger partial charge is 0.254 e. The van der Waals surface area contributed by atoms with Crippen LogP contribution in [0.3, 0.4) is 0 Å². The molecular weight excluding hydrogens is 373 g/mol. The van der Waals surface area contributed by atoms with Crippen LogP contribution in [0.4, 0.5) is 0 Å². The fourth-order valence-corrected chi connectivity index (χ4v) is 5.04. The molecule has 3 aliphatic rings. The first kappa shape index (κ1) is 19.5. The molecule has 7 heteroatoms. The van der Waals surface area contributed by atoms with Gasteiger partial charge in [-0.2, -0.15) is 0 Å². The summed E-state index contributed by atoms with van der Waals surface area (Å²) < 4.78 is 0. The van der Waals surface area contributed by atoms with Crippen molar-refractivity contribution >= 4 is 35.8 Å². The number of nitrogens with two attached hydrogens (primary N) is 1. The van der Waals surface area contributed by atoms with E-state index in [1.165, 1.54) is 6.42 Å². The van der Waals surface area contributed by atoms with Gasteiger partial charge >= 0.3 is 0 Å². The molecule has 5 nitrogen and oxygen atoms in total. The average Bonchev–Trinajstić information content (AvgIpc) is 3.22. The van der Waals surface area contributed by atoms with E-state index in [2.05, 4.69) is 0 Å². The fraction of sp³-hybridized carbons (Fsp3) is 0.579. The molecule has 2 saturated carbocycles. The average molecular weight is 398 g/mol. The zero-order valence-electron chi connectivity index (χ0n) is 14.6. The van der Waals surface area contributed by atoms with E-state index in [9.17, 15) is 9.59 Å². The lowest BCUT2D eigenvalue weighted by Gasteiger charge is -2.38. The van der Waals surface area contributed by atoms with Crippen LogP contribution >= 0.6 is 24.0 Å². The minimum absolute atomic E-state index is 0. The summed E-state index contributed by atoms with van der Waals surface area (Å²) in [6, 6.07) is 7.03. The number of rotatable bonds is 2. The summed E-state index contributed by atoms with van der Waals surface area (Å²) in [5, 5.41) is 0.560. The van der Waals surface area contributed by atoms with Gasteiger partial charge in [-0.1, -0.05) is 17.7 Å². The van der Waals surface area contributed by atoms with Gasteiger partial charge in [0.05, 0.1) is 5.92 Å². The molecule has 3 fully saturated rings. The largest absolute Gasteiger partial charge is 0.339 e. The minimum Gasteiger partial charge on any atom is -0.339 e. The Hall–Kier alpha value is -1.30. The van der Waals surface area contributed by atoms with Gasteiger partial charge in [0.15, 0.2) is 0 Å². The Balaban J connectivity index is 0.00000196. The van der Waals surface area contributed by atoms with Gasteiger partial charge in [-0.15, -0.1) is 12.4 Å². The topological polar surface area (TPSA) is 66.6 Å². The fourth-order valence-electron chi connectivity index (χ4n) is 4.85. The number of fused-ring (bicyclic) bond motifs is 2. The maximum Gasteiger partial charge on any atom is 0.254 e. The number of hydrogen-bond acceptors (Lipinski definition) is 3. The molecule has 0 radical (unpaired) electrons. The van der Waals surface area contributed by atoms with Gasteiger partial charge in [-0.25, -0.2) is 0 Å². The summed E-state index contributed by atoms with van der Waals surface area (Å²) in [4.78, 5) is 29.2. The molecule has 0 spiro atoms. The van der Waals surface area contributed by atoms with E-state index in [1.807, 2.05) is 4.90 Å². The highest BCUT2D eigenvalue weighted by Gasteiger charge is 2.50. The van der Waals surface area contributed by atoms with Gasteiger partial charge in [0.1, 0.15) is 0 Å². The van der Waals surface area contributed by atoms with Crippen molar-refractivity contribution in [3.8, 4) is 0 Å². The van der Waals surface area contributed by atoms with Gasteiger partial charge < -0.3 is 15.5 Å². The Bertz CT molecular complexity index is 689. The van der Waals surface area contributed by atoms with Crippen molar-refractivity contribution in [2.45, 2.75) is 25.3 Å². The van der Waals surface area contributed by atoms with Crippen molar-refractivity contribution < 1.29 is 9.59 Å². The van der Waals surface area contributed by atoms with E-state index in [0.29, 0.717) is 48.6 Å². The molecule has 142 valence electrons. The predicted molar refractivity (Wildman–Crippen MR) is 103 cm³/mol. The first-order valence-corrected chi connectivity index (χ1v) is 9.51. The maximum absolute atomic E-state index is 12.9. The van der Waals surface area contributed by atoms with Crippen LogP contribution < -0.4 is 5.73 Å². The quantitative estimate of drug-likeness (QED) is 0.832. The molecule has 26 heavy (non-hydrogen) atoms. The normalized spacial score (nSPS) is 30.2. The van der Waals surface area contributed by atoms with Crippen LogP contribution in [0.15, 0.2) is 24.3 Å². The lowest BCUT2D eigenvalue weighted by Crippen LogP contribution is -2.54. The highest BCUT2D eigenvalue weighted by molar-refractivity contribution is 6.30. The molecule has 1 aromatic rings. The van der Waals surface area contributed by atoms with Gasteiger partial charge in [-0.3, -0.25) is 9.59 Å². The second-order valence-electron chi connectivity index (χ2n) is 7.56. The third-order valence-corrected chi connectivity index (χ3v) is 6.45. The minimum atomic E-state index is -0.0220. The van der Waals surface area contributed by atoms with E-state index >= 15 is 0 Å². The van der Waals surface area contributed by atoms with Crippen molar-refractivity contribution in [3.63, 3.8) is 0 Å². The number of hydrogen-bond donors (Lipinski definition) is 1. The van der Waals surface area contributed by atoms with E-state index in [4.69, 9.17) is 17.3 Å². The SMILES string of the molecule is Cl.NC1C2CCC(C2)C1C(=O)N1CCN(C(=O)c2cccc(Cl)c2)CC1. The number of amides is 2. The van der Waals surface area contributed by atoms with Crippen LogP contribution in [0.5, 0.6) is 0 Å². The highest BCUT2D eigenvalue weighted by atomic mass is 35.5. The monoisotopic (exact) mass is 397 g/mol. The molecule has 1 heterocycles. The molecule has 1 saturated heterocycles. The molecule has 4 rings (SSSR count). The molecular formula is C19H25Cl2N3O2. The Labute approximate surface area is 165 Å². The van der Waals surface area contributed by atoms with Crippen molar-refractivity contribution in [3.05, 3.63) is 34.9 Å². The Morgan fingerprint density at radius 3 is 2.31 bits per heavy atom. The van der Waals surface area contributed by atoms with Crippen molar-refractivity contribution in [1.29, 1.82) is 0 Å². The number of piperazine rings is 1. The summed E-state index contributed by atoms with van der Waals surface area (Å²) >= 11 is 5.97. The predicted octanol–water partition coefficient (Wildman–Crippen LogP) is 2.42. The summed E-state index contributed by atoms with van der Waals surface area (Å²) in [6.45, 7) is 2.30. The molecule has 1 aliphatic heterocycles. The third-order valence-electron chi connectivity index (χ3n) is 6.22. The summed E-state index contributed by atoms with van der Waals surface area (Å²) in [6.07, 6.45) is 3.43. The van der Waals surface area contributed by atoms with Gasteiger partial charge in [0, 0.05) is 42.8 Å². The number of nitrogens with zero attached hydrogens (tertiary/aromatic N) is 2. The van der Waals surface area contributed by atoms with Crippen LogP contribution in [-0.4, -0.2) is 53.8 Å². The van der Waals surface area contributed by atoms with Crippen LogP contribution in [0.2, 0.25) is 5.02 Å². The maximum atomic E-state index is 12.9. The molecule has 4 atom stereocenters. The van der Waals surface area contributed by atoms with E-state index in [-0.39, 0.29) is 36.2 Å². The van der Waals surface area contributed by atoms with Gasteiger partial charge in [0.2, 0.25) is 5.91 Å². The molecule has 1 aromatic carbocycles. The van der Waals surface area contributed by atoms with Crippen LogP contribution in [0.25, 0.3) is 0 Å². The van der Waals surface area contributed by atoms with Crippen LogP contribution in [-0.2, 0) is 4.79 Å². The number of benzene rings is 1. The summed E-state index contributed by atoms with van der Waals surface area (Å²) in [7, 11) is 0. The van der Waals surface area contributed by atoms with Crippen LogP contribution in [0.1, 0.15) is 29.6 Å². The first-order valence-electron chi connectivity index (χ1n) is 9.14. The zero-order valence-corrected chi connectivity index (χ0v) is 16.2. The molecule has 0 aromatic heterocycles. The van der Waals surface area contributed by atoms with E-state index in [0.717, 1.165) is 12.8 Å². The number of carbonyl (C=O) groups excluding carboxylic acids is 2. The molecule has 2 bridgehead atoms. The highest BCUT2D eigenvalue weighted by Crippen LogP contribution is 2.48. The van der Waals surface area contributed by atoms with E-state index in [1.54, 1.807) is 29.2 Å². The van der Waals surface area contributed by atoms with Crippen molar-refractivity contribution in [2.75, 3.05) is 26.2 Å². The second-order valence-corrected chi connectivity index (χ2v) is 8.00. The molecule has 2 amide bonds. The van der Waals surface area contributed by atoms with Crippen molar-refractivity contribution in [1.82, 2.24) is 9.80 Å².